The van der Waals surface area contributed by atoms with Gasteiger partial charge < -0.3 is 14.8 Å². The Bertz CT molecular complexity index is 591. The lowest BCUT2D eigenvalue weighted by Gasteiger charge is -2.28. The lowest BCUT2D eigenvalue weighted by Crippen LogP contribution is -2.34. The van der Waals surface area contributed by atoms with Gasteiger partial charge in [-0.1, -0.05) is 13.8 Å². The molecule has 2 aromatic rings. The van der Waals surface area contributed by atoms with Crippen molar-refractivity contribution in [3.8, 4) is 0 Å². The second-order valence-corrected chi connectivity index (χ2v) is 5.85. The van der Waals surface area contributed by atoms with E-state index < -0.39 is 0 Å². The van der Waals surface area contributed by atoms with Gasteiger partial charge in [0, 0.05) is 38.2 Å². The van der Waals surface area contributed by atoms with E-state index in [0.29, 0.717) is 5.92 Å². The minimum absolute atomic E-state index is 0.641. The van der Waals surface area contributed by atoms with Crippen LogP contribution in [0.1, 0.15) is 25.4 Å². The Morgan fingerprint density at radius 2 is 2.19 bits per heavy atom. The molecule has 1 N–H and O–H groups in total. The number of anilines is 1. The normalized spacial score (nSPS) is 14.5. The predicted octanol–water partition coefficient (Wildman–Crippen LogP) is 1.44. The van der Waals surface area contributed by atoms with Gasteiger partial charge in [-0.25, -0.2) is 9.97 Å². The first-order chi connectivity index (χ1) is 10.2. The van der Waals surface area contributed by atoms with E-state index in [0.717, 1.165) is 50.1 Å². The number of hydrogen-bond donors (Lipinski definition) is 1. The number of nitrogens with one attached hydrogen (secondary N) is 1. The molecule has 0 saturated heterocycles. The van der Waals surface area contributed by atoms with E-state index in [9.17, 15) is 0 Å². The van der Waals surface area contributed by atoms with Gasteiger partial charge >= 0.3 is 0 Å². The molecule has 0 bridgehead atoms. The van der Waals surface area contributed by atoms with Crippen molar-refractivity contribution in [2.75, 3.05) is 18.0 Å². The Morgan fingerprint density at radius 1 is 1.29 bits per heavy atom. The smallest absolute Gasteiger partial charge is 0.147 e. The average molecular weight is 286 g/mol. The fourth-order valence-electron chi connectivity index (χ4n) is 2.49. The molecule has 0 unspecified atom stereocenters. The molecule has 3 rings (SSSR count). The molecular formula is C15H22N6. The fraction of sp³-hybridized carbons (Fsp3) is 0.533. The highest BCUT2D eigenvalue weighted by atomic mass is 15.3. The third-order valence-electron chi connectivity index (χ3n) is 3.60. The van der Waals surface area contributed by atoms with Crippen LogP contribution in [0.4, 0.5) is 5.82 Å². The molecular weight excluding hydrogens is 264 g/mol. The zero-order chi connectivity index (χ0) is 14.7. The van der Waals surface area contributed by atoms with Crippen LogP contribution >= 0.6 is 0 Å². The first-order valence-corrected chi connectivity index (χ1v) is 7.49. The maximum Gasteiger partial charge on any atom is 0.147 e. The molecule has 0 amide bonds. The topological polar surface area (TPSA) is 58.9 Å². The van der Waals surface area contributed by atoms with Gasteiger partial charge in [0.15, 0.2) is 0 Å². The zero-order valence-electron chi connectivity index (χ0n) is 12.7. The van der Waals surface area contributed by atoms with Gasteiger partial charge in [-0.05, 0) is 12.5 Å². The molecule has 1 aliphatic rings. The van der Waals surface area contributed by atoms with Crippen LogP contribution in [0.2, 0.25) is 0 Å². The molecule has 0 saturated carbocycles. The lowest BCUT2D eigenvalue weighted by molar-refractivity contribution is 0.542. The molecule has 0 aliphatic carbocycles. The van der Waals surface area contributed by atoms with Crippen LogP contribution in [-0.2, 0) is 19.6 Å². The van der Waals surface area contributed by atoms with Crippen molar-refractivity contribution in [2.24, 2.45) is 5.92 Å². The van der Waals surface area contributed by atoms with Gasteiger partial charge in [0.2, 0.25) is 0 Å². The van der Waals surface area contributed by atoms with Gasteiger partial charge in [-0.2, -0.15) is 0 Å². The standard InChI is InChI=1S/C15H22N6/c1-12(2)7-16-8-13-9-17-10-14(19-13)21-6-5-20-4-3-18-15(20)11-21/h3-4,9-10,12,16H,5-8,11H2,1-2H3. The SMILES string of the molecule is CC(C)CNCc1cncc(N2CCn3ccnc3C2)n1. The maximum atomic E-state index is 4.71. The van der Waals surface area contributed by atoms with Gasteiger partial charge in [0.1, 0.15) is 11.6 Å². The minimum atomic E-state index is 0.641. The molecule has 0 spiro atoms. The van der Waals surface area contributed by atoms with Gasteiger partial charge in [-0.3, -0.25) is 4.98 Å². The lowest BCUT2D eigenvalue weighted by atomic mass is 10.2. The van der Waals surface area contributed by atoms with E-state index in [1.54, 1.807) is 0 Å². The summed E-state index contributed by atoms with van der Waals surface area (Å²) >= 11 is 0. The molecule has 6 nitrogen and oxygen atoms in total. The zero-order valence-corrected chi connectivity index (χ0v) is 12.7. The van der Waals surface area contributed by atoms with Crippen LogP contribution in [0, 0.1) is 5.92 Å². The first kappa shape index (κ1) is 14.0. The van der Waals surface area contributed by atoms with Crippen molar-refractivity contribution in [3.05, 3.63) is 36.3 Å². The van der Waals surface area contributed by atoms with Gasteiger partial charge in [0.05, 0.1) is 18.4 Å². The third-order valence-corrected chi connectivity index (χ3v) is 3.60. The summed E-state index contributed by atoms with van der Waals surface area (Å²) in [6.07, 6.45) is 7.56. The summed E-state index contributed by atoms with van der Waals surface area (Å²) in [6, 6.07) is 0. The maximum absolute atomic E-state index is 4.71. The number of imidazole rings is 1. The molecule has 3 heterocycles. The van der Waals surface area contributed by atoms with Crippen LogP contribution < -0.4 is 10.2 Å². The molecule has 6 heteroatoms. The molecule has 0 atom stereocenters. The van der Waals surface area contributed by atoms with Crippen LogP contribution in [0.3, 0.4) is 0 Å². The summed E-state index contributed by atoms with van der Waals surface area (Å²) in [5.41, 5.74) is 0.988. The van der Waals surface area contributed by atoms with Crippen LogP contribution in [0.25, 0.3) is 0 Å². The minimum Gasteiger partial charge on any atom is -0.346 e. The van der Waals surface area contributed by atoms with E-state index >= 15 is 0 Å². The van der Waals surface area contributed by atoms with Crippen LogP contribution in [0.5, 0.6) is 0 Å². The number of hydrogen-bond acceptors (Lipinski definition) is 5. The summed E-state index contributed by atoms with van der Waals surface area (Å²) in [7, 11) is 0. The summed E-state index contributed by atoms with van der Waals surface area (Å²) in [4.78, 5) is 15.7. The van der Waals surface area contributed by atoms with Gasteiger partial charge in [0.25, 0.3) is 0 Å². The van der Waals surface area contributed by atoms with Gasteiger partial charge in [-0.15, -0.1) is 0 Å². The van der Waals surface area contributed by atoms with Crippen LogP contribution in [0.15, 0.2) is 24.8 Å². The quantitative estimate of drug-likeness (QED) is 0.901. The van der Waals surface area contributed by atoms with E-state index in [1.807, 2.05) is 24.8 Å². The van der Waals surface area contributed by atoms with E-state index in [1.165, 1.54) is 0 Å². The molecule has 0 fully saturated rings. The Kier molecular flexibility index (Phi) is 4.15. The molecule has 2 aromatic heterocycles. The van der Waals surface area contributed by atoms with E-state index in [4.69, 9.17) is 4.98 Å². The summed E-state index contributed by atoms with van der Waals surface area (Å²) in [6.45, 7) is 8.85. The summed E-state index contributed by atoms with van der Waals surface area (Å²) in [5.74, 6) is 2.67. The van der Waals surface area contributed by atoms with Crippen molar-refractivity contribution < 1.29 is 0 Å². The Hall–Kier alpha value is -1.95. The van der Waals surface area contributed by atoms with Crippen LogP contribution in [-0.4, -0.2) is 32.6 Å². The number of fused-ring (bicyclic) bond motifs is 1. The molecule has 0 aromatic carbocycles. The Balaban J connectivity index is 1.66. The number of nitrogens with zero attached hydrogens (tertiary/aromatic N) is 5. The molecule has 21 heavy (non-hydrogen) atoms. The highest BCUT2D eigenvalue weighted by molar-refractivity contribution is 5.37. The molecule has 1 aliphatic heterocycles. The summed E-state index contributed by atoms with van der Waals surface area (Å²) < 4.78 is 2.19. The predicted molar refractivity (Wildman–Crippen MR) is 81.9 cm³/mol. The summed E-state index contributed by atoms with van der Waals surface area (Å²) in [5, 5.41) is 3.41. The van der Waals surface area contributed by atoms with E-state index in [-0.39, 0.29) is 0 Å². The largest absolute Gasteiger partial charge is 0.346 e. The Morgan fingerprint density at radius 3 is 3.05 bits per heavy atom. The molecule has 112 valence electrons. The second-order valence-electron chi connectivity index (χ2n) is 5.85. The number of aromatic nitrogens is 4. The first-order valence-electron chi connectivity index (χ1n) is 7.49. The monoisotopic (exact) mass is 286 g/mol. The van der Waals surface area contributed by atoms with Crippen molar-refractivity contribution >= 4 is 5.82 Å². The highest BCUT2D eigenvalue weighted by Crippen LogP contribution is 2.17. The van der Waals surface area contributed by atoms with E-state index in [2.05, 4.69) is 38.6 Å². The fourth-order valence-corrected chi connectivity index (χ4v) is 2.49. The van der Waals surface area contributed by atoms with Crippen molar-refractivity contribution in [2.45, 2.75) is 33.5 Å². The van der Waals surface area contributed by atoms with Crippen molar-refractivity contribution in [3.63, 3.8) is 0 Å². The van der Waals surface area contributed by atoms with Crippen molar-refractivity contribution in [1.82, 2.24) is 24.8 Å². The second kappa shape index (κ2) is 6.22. The van der Waals surface area contributed by atoms with Crippen molar-refractivity contribution in [1.29, 1.82) is 0 Å². The number of rotatable bonds is 5. The molecule has 0 radical (unpaired) electrons. The third kappa shape index (κ3) is 3.39. The Labute approximate surface area is 125 Å². The highest BCUT2D eigenvalue weighted by Gasteiger charge is 2.18. The average Bonchev–Trinajstić information content (AvgIpc) is 2.94.